The highest BCUT2D eigenvalue weighted by atomic mass is 32.2. The van der Waals surface area contributed by atoms with E-state index in [-0.39, 0.29) is 22.2 Å². The molecule has 2 rings (SSSR count). The smallest absolute Gasteiger partial charge is 0.263 e. The predicted molar refractivity (Wildman–Crippen MR) is 69.3 cm³/mol. The number of phenols is 1. The number of rotatable bonds is 3. The Kier molecular flexibility index (Phi) is 3.11. The van der Waals surface area contributed by atoms with Gasteiger partial charge in [0, 0.05) is 11.6 Å². The van der Waals surface area contributed by atoms with Gasteiger partial charge in [-0.05, 0) is 26.0 Å². The molecule has 0 aliphatic rings. The molecule has 0 amide bonds. The van der Waals surface area contributed by atoms with Crippen LogP contribution in [0, 0.1) is 13.8 Å². The lowest BCUT2D eigenvalue weighted by molar-refractivity contribution is 0.399. The van der Waals surface area contributed by atoms with Gasteiger partial charge in [0.05, 0.1) is 10.6 Å². The summed E-state index contributed by atoms with van der Waals surface area (Å²) in [6, 6.07) is 3.67. The third-order valence-electron chi connectivity index (χ3n) is 2.70. The standard InChI is InChI=1S/C11H13N3O4S/c1-6-7(2)18-13-11(6)14-19(16,17)8-3-4-9(12)10(15)5-8/h3-5,15H,12H2,1-2H3,(H,13,14). The van der Waals surface area contributed by atoms with Gasteiger partial charge in [-0.15, -0.1) is 0 Å². The second kappa shape index (κ2) is 4.47. The number of anilines is 2. The number of nitrogens with one attached hydrogen (secondary N) is 1. The second-order valence-electron chi connectivity index (χ2n) is 4.04. The van der Waals surface area contributed by atoms with Crippen LogP contribution >= 0.6 is 0 Å². The van der Waals surface area contributed by atoms with Crippen molar-refractivity contribution in [2.45, 2.75) is 18.7 Å². The Morgan fingerprint density at radius 1 is 1.37 bits per heavy atom. The van der Waals surface area contributed by atoms with Crippen molar-refractivity contribution in [1.29, 1.82) is 0 Å². The highest BCUT2D eigenvalue weighted by Crippen LogP contribution is 2.26. The monoisotopic (exact) mass is 283 g/mol. The Labute approximate surface area is 110 Å². The van der Waals surface area contributed by atoms with E-state index in [1.165, 1.54) is 12.1 Å². The number of phenolic OH excluding ortho intramolecular Hbond substituents is 1. The maximum atomic E-state index is 12.1. The molecule has 1 aromatic carbocycles. The van der Waals surface area contributed by atoms with Crippen LogP contribution in [0.2, 0.25) is 0 Å². The summed E-state index contributed by atoms with van der Waals surface area (Å²) in [6.45, 7) is 3.36. The molecule has 1 heterocycles. The van der Waals surface area contributed by atoms with Crippen LogP contribution in [0.15, 0.2) is 27.6 Å². The van der Waals surface area contributed by atoms with Gasteiger partial charge in [-0.25, -0.2) is 8.42 Å². The highest BCUT2D eigenvalue weighted by Gasteiger charge is 2.19. The molecule has 0 atom stereocenters. The maximum Gasteiger partial charge on any atom is 0.263 e. The summed E-state index contributed by atoms with van der Waals surface area (Å²) in [5, 5.41) is 13.1. The summed E-state index contributed by atoms with van der Waals surface area (Å²) in [5.41, 5.74) is 6.12. The summed E-state index contributed by atoms with van der Waals surface area (Å²) in [7, 11) is -3.85. The van der Waals surface area contributed by atoms with Crippen LogP contribution in [0.1, 0.15) is 11.3 Å². The zero-order valence-corrected chi connectivity index (χ0v) is 11.2. The Bertz CT molecular complexity index is 722. The first kappa shape index (κ1) is 13.2. The molecule has 102 valence electrons. The van der Waals surface area contributed by atoms with Gasteiger partial charge in [-0.1, -0.05) is 5.16 Å². The molecule has 0 aliphatic carbocycles. The Morgan fingerprint density at radius 2 is 2.05 bits per heavy atom. The fraction of sp³-hybridized carbons (Fsp3) is 0.182. The predicted octanol–water partition coefficient (Wildman–Crippen LogP) is 1.38. The van der Waals surface area contributed by atoms with E-state index < -0.39 is 10.0 Å². The summed E-state index contributed by atoms with van der Waals surface area (Å²) in [5.74, 6) is 0.350. The number of aryl methyl sites for hydroxylation is 1. The van der Waals surface area contributed by atoms with E-state index in [4.69, 9.17) is 10.3 Å². The second-order valence-corrected chi connectivity index (χ2v) is 5.72. The van der Waals surface area contributed by atoms with Crippen molar-refractivity contribution < 1.29 is 18.0 Å². The molecule has 19 heavy (non-hydrogen) atoms. The minimum Gasteiger partial charge on any atom is -0.506 e. The Hall–Kier alpha value is -2.22. The van der Waals surface area contributed by atoms with Crippen molar-refractivity contribution in [1.82, 2.24) is 5.16 Å². The third kappa shape index (κ3) is 2.48. The van der Waals surface area contributed by atoms with Gasteiger partial charge in [0.15, 0.2) is 5.82 Å². The molecule has 4 N–H and O–H groups in total. The number of aromatic nitrogens is 1. The Morgan fingerprint density at radius 3 is 2.58 bits per heavy atom. The minimum absolute atomic E-state index is 0.104. The average Bonchev–Trinajstić information content (AvgIpc) is 2.64. The first-order valence-corrected chi connectivity index (χ1v) is 6.84. The molecule has 0 radical (unpaired) electrons. The number of nitrogens with zero attached hydrogens (tertiary/aromatic N) is 1. The van der Waals surface area contributed by atoms with Crippen LogP contribution < -0.4 is 10.5 Å². The van der Waals surface area contributed by atoms with E-state index in [2.05, 4.69) is 9.88 Å². The molecule has 0 fully saturated rings. The number of benzene rings is 1. The number of nitrogen functional groups attached to an aromatic ring is 1. The molecular weight excluding hydrogens is 270 g/mol. The van der Waals surface area contributed by atoms with Crippen molar-refractivity contribution in [2.24, 2.45) is 0 Å². The van der Waals surface area contributed by atoms with Crippen molar-refractivity contribution in [3.05, 3.63) is 29.5 Å². The van der Waals surface area contributed by atoms with Gasteiger partial charge in [-0.3, -0.25) is 4.72 Å². The fourth-order valence-corrected chi connectivity index (χ4v) is 2.47. The normalized spacial score (nSPS) is 11.5. The largest absolute Gasteiger partial charge is 0.506 e. The van der Waals surface area contributed by atoms with E-state index in [1.54, 1.807) is 13.8 Å². The quantitative estimate of drug-likeness (QED) is 0.578. The first-order valence-electron chi connectivity index (χ1n) is 5.35. The summed E-state index contributed by atoms with van der Waals surface area (Å²) in [6.07, 6.45) is 0. The van der Waals surface area contributed by atoms with Crippen LogP contribution in [0.3, 0.4) is 0 Å². The molecule has 1 aromatic heterocycles. The van der Waals surface area contributed by atoms with E-state index in [0.717, 1.165) is 6.07 Å². The maximum absolute atomic E-state index is 12.1. The van der Waals surface area contributed by atoms with E-state index in [1.807, 2.05) is 0 Å². The zero-order valence-electron chi connectivity index (χ0n) is 10.3. The van der Waals surface area contributed by atoms with Crippen molar-refractivity contribution in [3.63, 3.8) is 0 Å². The van der Waals surface area contributed by atoms with Gasteiger partial charge in [-0.2, -0.15) is 0 Å². The molecule has 0 spiro atoms. The number of sulfonamides is 1. The van der Waals surface area contributed by atoms with Crippen LogP contribution in [0.25, 0.3) is 0 Å². The van der Waals surface area contributed by atoms with E-state index in [9.17, 15) is 13.5 Å². The number of nitrogens with two attached hydrogens (primary N) is 1. The van der Waals surface area contributed by atoms with Gasteiger partial charge in [0.1, 0.15) is 11.5 Å². The molecule has 7 nitrogen and oxygen atoms in total. The van der Waals surface area contributed by atoms with Crippen molar-refractivity contribution in [2.75, 3.05) is 10.5 Å². The van der Waals surface area contributed by atoms with Gasteiger partial charge >= 0.3 is 0 Å². The molecule has 0 saturated heterocycles. The lowest BCUT2D eigenvalue weighted by atomic mass is 10.3. The molecule has 0 saturated carbocycles. The van der Waals surface area contributed by atoms with Crippen molar-refractivity contribution in [3.8, 4) is 5.75 Å². The minimum atomic E-state index is -3.85. The average molecular weight is 283 g/mol. The molecule has 0 unspecified atom stereocenters. The fourth-order valence-electron chi connectivity index (χ4n) is 1.39. The lowest BCUT2D eigenvalue weighted by Crippen LogP contribution is -2.14. The summed E-state index contributed by atoms with van der Waals surface area (Å²) in [4.78, 5) is -0.112. The van der Waals surface area contributed by atoms with E-state index >= 15 is 0 Å². The Balaban J connectivity index is 2.37. The lowest BCUT2D eigenvalue weighted by Gasteiger charge is -2.07. The van der Waals surface area contributed by atoms with Gasteiger partial charge in [0.25, 0.3) is 10.0 Å². The van der Waals surface area contributed by atoms with Crippen molar-refractivity contribution >= 4 is 21.5 Å². The topological polar surface area (TPSA) is 118 Å². The third-order valence-corrected chi connectivity index (χ3v) is 4.04. The van der Waals surface area contributed by atoms with Gasteiger partial charge < -0.3 is 15.4 Å². The first-order chi connectivity index (χ1) is 8.81. The zero-order chi connectivity index (χ0) is 14.2. The van der Waals surface area contributed by atoms with E-state index in [0.29, 0.717) is 11.3 Å². The van der Waals surface area contributed by atoms with Crippen LogP contribution in [0.5, 0.6) is 5.75 Å². The number of aromatic hydroxyl groups is 1. The number of hydrogen-bond acceptors (Lipinski definition) is 6. The highest BCUT2D eigenvalue weighted by molar-refractivity contribution is 7.92. The van der Waals surface area contributed by atoms with Crippen LogP contribution in [-0.4, -0.2) is 18.7 Å². The summed E-state index contributed by atoms with van der Waals surface area (Å²) >= 11 is 0. The molecule has 0 aliphatic heterocycles. The molecule has 0 bridgehead atoms. The molecule has 2 aromatic rings. The molecule has 8 heteroatoms. The van der Waals surface area contributed by atoms with Gasteiger partial charge in [0.2, 0.25) is 0 Å². The van der Waals surface area contributed by atoms with Crippen LogP contribution in [0.4, 0.5) is 11.5 Å². The van der Waals surface area contributed by atoms with Crippen LogP contribution in [-0.2, 0) is 10.0 Å². The summed E-state index contributed by atoms with van der Waals surface area (Å²) < 4.78 is 31.3. The SMILES string of the molecule is Cc1onc(NS(=O)(=O)c2ccc(N)c(O)c2)c1C. The number of hydrogen-bond donors (Lipinski definition) is 3. The molecular formula is C11H13N3O4S.